The van der Waals surface area contributed by atoms with E-state index in [9.17, 15) is 14.4 Å². The fraction of sp³-hybridized carbons (Fsp3) is 0.747. The van der Waals surface area contributed by atoms with E-state index in [4.69, 9.17) is 14.2 Å². The number of carbonyl (C=O) groups excluding carboxylic acids is 3. The van der Waals surface area contributed by atoms with Crippen molar-refractivity contribution in [2.45, 2.75) is 348 Å². The molecule has 0 bridgehead atoms. The van der Waals surface area contributed by atoms with Gasteiger partial charge in [0.05, 0.1) is 0 Å². The largest absolute Gasteiger partial charge is 0.462 e. The number of carbonyl (C=O) groups is 3. The van der Waals surface area contributed by atoms with Crippen molar-refractivity contribution in [3.8, 4) is 0 Å². The summed E-state index contributed by atoms with van der Waals surface area (Å²) in [6.45, 7) is 6.49. The maximum Gasteiger partial charge on any atom is 0.306 e. The molecule has 0 aromatic rings. The van der Waals surface area contributed by atoms with E-state index in [0.29, 0.717) is 19.3 Å². The highest BCUT2D eigenvalue weighted by molar-refractivity contribution is 5.71. The molecule has 0 aliphatic rings. The highest BCUT2D eigenvalue weighted by Gasteiger charge is 2.19. The molecule has 0 aromatic carbocycles. The minimum Gasteiger partial charge on any atom is -0.462 e. The number of hydrogen-bond donors (Lipinski definition) is 0. The van der Waals surface area contributed by atoms with Crippen molar-refractivity contribution in [3.63, 3.8) is 0 Å². The van der Waals surface area contributed by atoms with Gasteiger partial charge >= 0.3 is 17.9 Å². The summed E-state index contributed by atoms with van der Waals surface area (Å²) in [5.41, 5.74) is 0. The van der Waals surface area contributed by atoms with Crippen molar-refractivity contribution >= 4 is 17.9 Å². The number of ether oxygens (including phenoxy) is 3. The highest BCUT2D eigenvalue weighted by Crippen LogP contribution is 2.17. The molecule has 1 atom stereocenters. The van der Waals surface area contributed by atoms with Crippen molar-refractivity contribution in [2.75, 3.05) is 13.2 Å². The summed E-state index contributed by atoms with van der Waals surface area (Å²) in [6.07, 6.45) is 92.9. The fourth-order valence-electron chi connectivity index (χ4n) is 9.86. The maximum absolute atomic E-state index is 12.9. The van der Waals surface area contributed by atoms with Crippen LogP contribution in [0.3, 0.4) is 0 Å². The molecule has 0 aromatic heterocycles. The first-order valence-electron chi connectivity index (χ1n) is 34.7. The fourth-order valence-corrected chi connectivity index (χ4v) is 9.86. The predicted octanol–water partition coefficient (Wildman–Crippen LogP) is 24.0. The van der Waals surface area contributed by atoms with E-state index in [1.165, 1.54) is 186 Å². The van der Waals surface area contributed by atoms with E-state index in [1.54, 1.807) is 0 Å². The van der Waals surface area contributed by atoms with Crippen LogP contribution in [-0.4, -0.2) is 37.2 Å². The summed E-state index contributed by atoms with van der Waals surface area (Å²) >= 11 is 0. The maximum atomic E-state index is 12.9. The van der Waals surface area contributed by atoms with Crippen LogP contribution < -0.4 is 0 Å². The summed E-state index contributed by atoms with van der Waals surface area (Å²) < 4.78 is 17.0. The lowest BCUT2D eigenvalue weighted by Gasteiger charge is -2.18. The van der Waals surface area contributed by atoms with Gasteiger partial charge < -0.3 is 14.2 Å². The third kappa shape index (κ3) is 67.0. The molecule has 0 heterocycles. The predicted molar refractivity (Wildman–Crippen MR) is 353 cm³/mol. The highest BCUT2D eigenvalue weighted by atomic mass is 16.6. The molecule has 0 N–H and O–H groups in total. The molecule has 0 amide bonds. The minimum atomic E-state index is -0.786. The van der Waals surface area contributed by atoms with Gasteiger partial charge in [-0.05, 0) is 116 Å². The number of esters is 3. The number of allylic oxidation sites excluding steroid dienone is 16. The van der Waals surface area contributed by atoms with Crippen LogP contribution in [0.15, 0.2) is 97.2 Å². The van der Waals surface area contributed by atoms with E-state index in [1.807, 2.05) is 0 Å². The molecule has 466 valence electrons. The van der Waals surface area contributed by atoms with Crippen LogP contribution in [0.4, 0.5) is 0 Å². The molecular weight excluding hydrogens is 997 g/mol. The Hall–Kier alpha value is -3.67. The van der Waals surface area contributed by atoms with Crippen LogP contribution in [0.5, 0.6) is 0 Å². The van der Waals surface area contributed by atoms with Gasteiger partial charge in [-0.2, -0.15) is 0 Å². The first-order valence-corrected chi connectivity index (χ1v) is 34.7. The monoisotopic (exact) mass is 1130 g/mol. The molecule has 6 heteroatoms. The van der Waals surface area contributed by atoms with Gasteiger partial charge in [-0.25, -0.2) is 0 Å². The lowest BCUT2D eigenvalue weighted by molar-refractivity contribution is -0.167. The third-order valence-electron chi connectivity index (χ3n) is 15.0. The van der Waals surface area contributed by atoms with Crippen LogP contribution in [0, 0.1) is 0 Å². The standard InChI is InChI=1S/C75H130O6/c1-4-7-10-13-16-19-22-25-27-29-31-33-34-35-36-37-38-39-40-42-43-45-47-50-53-56-59-62-65-68-74(77)80-71-72(70-79-73(76)67-64-61-58-55-52-49-24-21-18-15-12-9-6-3)81-75(78)69-66-63-60-57-54-51-48-46-44-41-32-30-28-26-23-20-17-14-11-8-5-2/h7,10,12,15-16,19,21,24-25,27,30-33,35-36,72H,4-6,8-9,11,13-14,17-18,20,22-23,26,28-29,34,37-71H2,1-3H3/b10-7-,15-12-,19-16-,24-21-,27-25-,32-30-,33-31-,36-35-. The summed E-state index contributed by atoms with van der Waals surface area (Å²) in [7, 11) is 0. The van der Waals surface area contributed by atoms with Crippen LogP contribution in [0.25, 0.3) is 0 Å². The molecule has 0 fully saturated rings. The van der Waals surface area contributed by atoms with Gasteiger partial charge in [0.1, 0.15) is 13.2 Å². The molecule has 6 nitrogen and oxygen atoms in total. The molecule has 0 aliphatic heterocycles. The van der Waals surface area contributed by atoms with Gasteiger partial charge in [0.15, 0.2) is 6.10 Å². The summed E-state index contributed by atoms with van der Waals surface area (Å²) in [5, 5.41) is 0. The minimum absolute atomic E-state index is 0.0813. The Morgan fingerprint density at radius 2 is 0.506 bits per heavy atom. The second-order valence-electron chi connectivity index (χ2n) is 23.1. The lowest BCUT2D eigenvalue weighted by atomic mass is 10.0. The molecule has 0 spiro atoms. The van der Waals surface area contributed by atoms with E-state index in [0.717, 1.165) is 116 Å². The quantitative estimate of drug-likeness (QED) is 0.0261. The molecule has 0 saturated heterocycles. The Labute approximate surface area is 502 Å². The van der Waals surface area contributed by atoms with Gasteiger partial charge in [-0.1, -0.05) is 304 Å². The first-order chi connectivity index (χ1) is 40.0. The Morgan fingerprint density at radius 1 is 0.259 bits per heavy atom. The summed E-state index contributed by atoms with van der Waals surface area (Å²) in [6, 6.07) is 0. The Bertz CT molecular complexity index is 1580. The SMILES string of the molecule is CC/C=C\C/C=C\C/C=C\C/C=C\C/C=C\CCCCCCCCCCCCCCCC(=O)OCC(COC(=O)CCCCCCC/C=C\C/C=C\CCC)OC(=O)CCCCCCCCCCC/C=C\CCCCCCCCCC. The van der Waals surface area contributed by atoms with E-state index < -0.39 is 6.10 Å². The van der Waals surface area contributed by atoms with Gasteiger partial charge in [0.2, 0.25) is 0 Å². The first kappa shape index (κ1) is 77.3. The van der Waals surface area contributed by atoms with Crippen molar-refractivity contribution in [3.05, 3.63) is 97.2 Å². The van der Waals surface area contributed by atoms with Crippen molar-refractivity contribution in [1.29, 1.82) is 0 Å². The number of rotatable bonds is 63. The smallest absolute Gasteiger partial charge is 0.306 e. The molecule has 0 aliphatic carbocycles. The van der Waals surface area contributed by atoms with Crippen LogP contribution >= 0.6 is 0 Å². The average molecular weight is 1130 g/mol. The second kappa shape index (κ2) is 68.8. The van der Waals surface area contributed by atoms with Crippen LogP contribution in [0.1, 0.15) is 342 Å². The zero-order valence-electron chi connectivity index (χ0n) is 53.5. The molecule has 0 saturated carbocycles. The molecule has 0 radical (unpaired) electrons. The zero-order valence-corrected chi connectivity index (χ0v) is 53.5. The molecular formula is C75H130O6. The van der Waals surface area contributed by atoms with Crippen molar-refractivity contribution < 1.29 is 28.6 Å². The van der Waals surface area contributed by atoms with Crippen LogP contribution in [-0.2, 0) is 28.6 Å². The number of unbranched alkanes of at least 4 members (excludes halogenated alkanes) is 36. The summed E-state index contributed by atoms with van der Waals surface area (Å²) in [5.74, 6) is -0.885. The number of hydrogen-bond acceptors (Lipinski definition) is 6. The van der Waals surface area contributed by atoms with Crippen LogP contribution in [0.2, 0.25) is 0 Å². The van der Waals surface area contributed by atoms with E-state index in [2.05, 4.69) is 118 Å². The van der Waals surface area contributed by atoms with Gasteiger partial charge in [0, 0.05) is 19.3 Å². The normalized spacial score (nSPS) is 12.7. The van der Waals surface area contributed by atoms with Gasteiger partial charge in [0.25, 0.3) is 0 Å². The van der Waals surface area contributed by atoms with E-state index in [-0.39, 0.29) is 31.1 Å². The lowest BCUT2D eigenvalue weighted by Crippen LogP contribution is -2.30. The molecule has 1 unspecified atom stereocenters. The summed E-state index contributed by atoms with van der Waals surface area (Å²) in [4.78, 5) is 38.4. The van der Waals surface area contributed by atoms with Gasteiger partial charge in [-0.3, -0.25) is 14.4 Å². The van der Waals surface area contributed by atoms with E-state index >= 15 is 0 Å². The Morgan fingerprint density at radius 3 is 0.815 bits per heavy atom. The van der Waals surface area contributed by atoms with Crippen molar-refractivity contribution in [1.82, 2.24) is 0 Å². The topological polar surface area (TPSA) is 78.9 Å². The Balaban J connectivity index is 4.26. The molecule has 0 rings (SSSR count). The molecule has 81 heavy (non-hydrogen) atoms. The third-order valence-corrected chi connectivity index (χ3v) is 15.0. The average Bonchev–Trinajstić information content (AvgIpc) is 3.46. The second-order valence-corrected chi connectivity index (χ2v) is 23.1. The zero-order chi connectivity index (χ0) is 58.5. The Kier molecular flexibility index (Phi) is 65.7. The van der Waals surface area contributed by atoms with Crippen molar-refractivity contribution in [2.24, 2.45) is 0 Å². The van der Waals surface area contributed by atoms with Gasteiger partial charge in [-0.15, -0.1) is 0 Å².